The second kappa shape index (κ2) is 7.17. The number of rotatable bonds is 4. The molecule has 1 saturated carbocycles. The molecule has 152 valence electrons. The molecule has 0 bridgehead atoms. The second-order valence-corrected chi connectivity index (χ2v) is 8.20. The molecular formula is C23H26N2O4. The fourth-order valence-electron chi connectivity index (χ4n) is 4.61. The first-order valence-electron chi connectivity index (χ1n) is 10.2. The van der Waals surface area contributed by atoms with Crippen molar-refractivity contribution in [3.8, 4) is 5.69 Å². The maximum atomic E-state index is 13.0. The van der Waals surface area contributed by atoms with Crippen LogP contribution in [0, 0.1) is 20.8 Å². The van der Waals surface area contributed by atoms with Crippen LogP contribution >= 0.6 is 0 Å². The van der Waals surface area contributed by atoms with Crippen molar-refractivity contribution >= 4 is 17.8 Å². The summed E-state index contributed by atoms with van der Waals surface area (Å²) in [4.78, 5) is 39.3. The van der Waals surface area contributed by atoms with E-state index in [2.05, 4.69) is 6.07 Å². The average molecular weight is 394 g/mol. The van der Waals surface area contributed by atoms with Gasteiger partial charge in [-0.2, -0.15) is 0 Å². The smallest absolute Gasteiger partial charge is 0.418 e. The highest BCUT2D eigenvalue weighted by molar-refractivity contribution is 6.08. The number of ether oxygens (including phenoxy) is 1. The van der Waals surface area contributed by atoms with Crippen LogP contribution in [0.4, 0.5) is 4.79 Å². The molecule has 2 amide bonds. The molecule has 1 aliphatic heterocycles. The number of benzene rings is 1. The Kier molecular flexibility index (Phi) is 4.81. The normalized spacial score (nSPS) is 18.4. The lowest BCUT2D eigenvalue weighted by Gasteiger charge is -2.28. The van der Waals surface area contributed by atoms with Crippen LogP contribution in [-0.2, 0) is 9.53 Å². The van der Waals surface area contributed by atoms with Gasteiger partial charge in [-0.15, -0.1) is 0 Å². The zero-order chi connectivity index (χ0) is 20.8. The molecule has 29 heavy (non-hydrogen) atoms. The number of hydrogen-bond donors (Lipinski definition) is 0. The van der Waals surface area contributed by atoms with Gasteiger partial charge in [-0.1, -0.05) is 18.6 Å². The van der Waals surface area contributed by atoms with Gasteiger partial charge < -0.3 is 9.30 Å². The number of Topliss-reactive ketones (excluding diaryl/α,β-unsaturated/α-hetero) is 1. The van der Waals surface area contributed by atoms with Gasteiger partial charge in [0.25, 0.3) is 5.91 Å². The first-order chi connectivity index (χ1) is 13.8. The van der Waals surface area contributed by atoms with Crippen molar-refractivity contribution in [2.45, 2.75) is 58.5 Å². The zero-order valence-corrected chi connectivity index (χ0v) is 17.2. The molecule has 1 aliphatic carbocycles. The highest BCUT2D eigenvalue weighted by atomic mass is 16.6. The van der Waals surface area contributed by atoms with Crippen molar-refractivity contribution in [2.75, 3.05) is 6.54 Å². The standard InChI is InChI=1S/C23H26N2O4/c1-15-8-7-9-18(12-15)25-16(2)13-19(17(25)3)20(26)14-24-21(27)23(29-22(24)28)10-5-4-6-11-23/h7-9,12-13H,4-6,10-11,14H2,1-3H3. The van der Waals surface area contributed by atoms with E-state index < -0.39 is 11.7 Å². The third kappa shape index (κ3) is 3.26. The topological polar surface area (TPSA) is 68.6 Å². The number of aryl methyl sites for hydroxylation is 2. The van der Waals surface area contributed by atoms with Gasteiger partial charge in [0.15, 0.2) is 11.4 Å². The van der Waals surface area contributed by atoms with E-state index in [1.165, 1.54) is 0 Å². The Labute approximate surface area is 170 Å². The predicted octanol–water partition coefficient (Wildman–Crippen LogP) is 4.27. The summed E-state index contributed by atoms with van der Waals surface area (Å²) in [6.45, 7) is 5.57. The van der Waals surface area contributed by atoms with Crippen LogP contribution < -0.4 is 0 Å². The van der Waals surface area contributed by atoms with E-state index in [4.69, 9.17) is 4.74 Å². The quantitative estimate of drug-likeness (QED) is 0.727. The van der Waals surface area contributed by atoms with Crippen molar-refractivity contribution in [1.82, 2.24) is 9.47 Å². The monoisotopic (exact) mass is 394 g/mol. The van der Waals surface area contributed by atoms with Crippen LogP contribution in [0.5, 0.6) is 0 Å². The van der Waals surface area contributed by atoms with Crippen LogP contribution in [0.15, 0.2) is 30.3 Å². The molecule has 2 aromatic rings. The highest BCUT2D eigenvalue weighted by Crippen LogP contribution is 2.38. The van der Waals surface area contributed by atoms with Gasteiger partial charge >= 0.3 is 6.09 Å². The minimum absolute atomic E-state index is 0.254. The second-order valence-electron chi connectivity index (χ2n) is 8.20. The van der Waals surface area contributed by atoms with E-state index in [0.29, 0.717) is 18.4 Å². The molecule has 2 heterocycles. The van der Waals surface area contributed by atoms with E-state index in [1.807, 2.05) is 49.6 Å². The molecule has 2 aliphatic rings. The first kappa shape index (κ1) is 19.4. The van der Waals surface area contributed by atoms with Crippen molar-refractivity contribution in [3.05, 3.63) is 52.8 Å². The zero-order valence-electron chi connectivity index (χ0n) is 17.2. The van der Waals surface area contributed by atoms with Gasteiger partial charge in [-0.05, 0) is 70.2 Å². The summed E-state index contributed by atoms with van der Waals surface area (Å²) >= 11 is 0. The van der Waals surface area contributed by atoms with E-state index in [0.717, 1.165) is 46.8 Å². The summed E-state index contributed by atoms with van der Waals surface area (Å²) in [6.07, 6.45) is 3.15. The SMILES string of the molecule is Cc1cccc(-n2c(C)cc(C(=O)CN3C(=O)OC4(CCCCC4)C3=O)c2C)c1. The number of nitrogens with zero attached hydrogens (tertiary/aromatic N) is 2. The van der Waals surface area contributed by atoms with Crippen molar-refractivity contribution in [3.63, 3.8) is 0 Å². The number of carbonyl (C=O) groups is 3. The summed E-state index contributed by atoms with van der Waals surface area (Å²) in [6, 6.07) is 9.88. The molecule has 0 atom stereocenters. The Bertz CT molecular complexity index is 998. The number of amides is 2. The minimum atomic E-state index is -1.05. The molecule has 1 spiro atoms. The maximum Gasteiger partial charge on any atom is 0.418 e. The largest absolute Gasteiger partial charge is 0.432 e. The fraction of sp³-hybridized carbons (Fsp3) is 0.435. The van der Waals surface area contributed by atoms with Gasteiger partial charge in [0.2, 0.25) is 0 Å². The number of aromatic nitrogens is 1. The third-order valence-corrected chi connectivity index (χ3v) is 6.09. The maximum absolute atomic E-state index is 13.0. The lowest BCUT2D eigenvalue weighted by atomic mass is 9.84. The number of imide groups is 1. The van der Waals surface area contributed by atoms with Gasteiger partial charge in [-0.3, -0.25) is 9.59 Å². The molecule has 6 heteroatoms. The predicted molar refractivity (Wildman–Crippen MR) is 108 cm³/mol. The Hall–Kier alpha value is -2.89. The molecule has 6 nitrogen and oxygen atoms in total. The number of carbonyl (C=O) groups excluding carboxylic acids is 3. The fourth-order valence-corrected chi connectivity index (χ4v) is 4.61. The lowest BCUT2D eigenvalue weighted by Crippen LogP contribution is -2.44. The molecule has 0 unspecified atom stereocenters. The highest BCUT2D eigenvalue weighted by Gasteiger charge is 2.54. The van der Waals surface area contributed by atoms with Gasteiger partial charge in [0, 0.05) is 22.6 Å². The van der Waals surface area contributed by atoms with Crippen molar-refractivity contribution < 1.29 is 19.1 Å². The van der Waals surface area contributed by atoms with Crippen molar-refractivity contribution in [2.24, 2.45) is 0 Å². The summed E-state index contributed by atoms with van der Waals surface area (Å²) in [5.41, 5.74) is 3.31. The summed E-state index contributed by atoms with van der Waals surface area (Å²) in [7, 11) is 0. The van der Waals surface area contributed by atoms with Crippen molar-refractivity contribution in [1.29, 1.82) is 0 Å². The van der Waals surface area contributed by atoms with Crippen LogP contribution in [0.2, 0.25) is 0 Å². The van der Waals surface area contributed by atoms with Crippen LogP contribution in [0.1, 0.15) is 59.4 Å². The van der Waals surface area contributed by atoms with Gasteiger partial charge in [0.1, 0.15) is 0 Å². The lowest BCUT2D eigenvalue weighted by molar-refractivity contribution is -0.139. The average Bonchev–Trinajstić information content (AvgIpc) is 3.10. The number of ketones is 1. The Morgan fingerprint density at radius 1 is 1.07 bits per heavy atom. The Morgan fingerprint density at radius 3 is 2.48 bits per heavy atom. The Morgan fingerprint density at radius 2 is 1.79 bits per heavy atom. The van der Waals surface area contributed by atoms with Crippen LogP contribution in [0.25, 0.3) is 5.69 Å². The first-order valence-corrected chi connectivity index (χ1v) is 10.2. The van der Waals surface area contributed by atoms with Crippen LogP contribution in [0.3, 0.4) is 0 Å². The molecule has 1 aromatic heterocycles. The number of hydrogen-bond acceptors (Lipinski definition) is 4. The molecule has 4 rings (SSSR count). The summed E-state index contributed by atoms with van der Waals surface area (Å²) < 4.78 is 7.49. The molecule has 0 N–H and O–H groups in total. The molecular weight excluding hydrogens is 368 g/mol. The minimum Gasteiger partial charge on any atom is -0.432 e. The van der Waals surface area contributed by atoms with E-state index in [9.17, 15) is 14.4 Å². The third-order valence-electron chi connectivity index (χ3n) is 6.09. The summed E-state index contributed by atoms with van der Waals surface area (Å²) in [5.74, 6) is -0.613. The van der Waals surface area contributed by atoms with E-state index in [1.54, 1.807) is 0 Å². The molecule has 1 aromatic carbocycles. The summed E-state index contributed by atoms with van der Waals surface area (Å²) in [5, 5.41) is 0. The van der Waals surface area contributed by atoms with Gasteiger partial charge in [-0.25, -0.2) is 9.69 Å². The molecule has 1 saturated heterocycles. The van der Waals surface area contributed by atoms with E-state index in [-0.39, 0.29) is 18.2 Å². The molecule has 0 radical (unpaired) electrons. The van der Waals surface area contributed by atoms with Crippen LogP contribution in [-0.4, -0.2) is 39.4 Å². The Balaban J connectivity index is 1.59. The van der Waals surface area contributed by atoms with E-state index >= 15 is 0 Å². The molecule has 2 fully saturated rings. The van der Waals surface area contributed by atoms with Gasteiger partial charge in [0.05, 0.1) is 6.54 Å².